The molecule has 1 atom stereocenters. The van der Waals surface area contributed by atoms with Gasteiger partial charge in [-0.1, -0.05) is 18.2 Å². The zero-order valence-electron chi connectivity index (χ0n) is 11.7. The Balaban J connectivity index is 2.11. The maximum atomic E-state index is 13.2. The Kier molecular flexibility index (Phi) is 4.67. The summed E-state index contributed by atoms with van der Waals surface area (Å²) in [5, 5.41) is 13.5. The van der Waals surface area contributed by atoms with Crippen LogP contribution >= 0.6 is 0 Å². The number of carbonyl (C=O) groups is 1. The minimum atomic E-state index is -1.03. The lowest BCUT2D eigenvalue weighted by Crippen LogP contribution is -2.30. The highest BCUT2D eigenvalue weighted by molar-refractivity contribution is 5.94. The average Bonchev–Trinajstić information content (AvgIpc) is 2.48. The van der Waals surface area contributed by atoms with Gasteiger partial charge in [0.15, 0.2) is 6.10 Å². The van der Waals surface area contributed by atoms with Gasteiger partial charge in [-0.2, -0.15) is 0 Å². The van der Waals surface area contributed by atoms with Gasteiger partial charge in [-0.05, 0) is 25.1 Å². The second-order valence-corrected chi connectivity index (χ2v) is 4.48. The average molecular weight is 304 g/mol. The summed E-state index contributed by atoms with van der Waals surface area (Å²) >= 11 is 0. The molecule has 114 valence electrons. The van der Waals surface area contributed by atoms with Gasteiger partial charge in [0.2, 0.25) is 5.75 Å². The van der Waals surface area contributed by atoms with Gasteiger partial charge in [0.1, 0.15) is 5.82 Å². The molecule has 0 heterocycles. The van der Waals surface area contributed by atoms with Crippen LogP contribution < -0.4 is 10.1 Å². The molecule has 0 aliphatic heterocycles. The fraction of sp³-hybridized carbons (Fsp3) is 0.133. The van der Waals surface area contributed by atoms with E-state index >= 15 is 0 Å². The van der Waals surface area contributed by atoms with Crippen molar-refractivity contribution < 1.29 is 18.8 Å². The molecule has 2 aromatic carbocycles. The van der Waals surface area contributed by atoms with Gasteiger partial charge in [0.05, 0.1) is 4.92 Å². The zero-order chi connectivity index (χ0) is 16.1. The van der Waals surface area contributed by atoms with Crippen molar-refractivity contribution in [1.82, 2.24) is 0 Å². The van der Waals surface area contributed by atoms with Crippen LogP contribution in [0.5, 0.6) is 5.75 Å². The largest absolute Gasteiger partial charge is 0.474 e. The summed E-state index contributed by atoms with van der Waals surface area (Å²) in [6.45, 7) is 1.42. The molecule has 22 heavy (non-hydrogen) atoms. The molecule has 2 aromatic rings. The number of nitrogens with one attached hydrogen (secondary N) is 1. The number of ether oxygens (including phenoxy) is 1. The fourth-order valence-corrected chi connectivity index (χ4v) is 1.74. The van der Waals surface area contributed by atoms with Gasteiger partial charge in [-0.15, -0.1) is 0 Å². The van der Waals surface area contributed by atoms with E-state index in [-0.39, 0.29) is 5.75 Å². The van der Waals surface area contributed by atoms with Crippen molar-refractivity contribution in [2.24, 2.45) is 0 Å². The van der Waals surface area contributed by atoms with E-state index in [9.17, 15) is 19.3 Å². The maximum Gasteiger partial charge on any atom is 0.311 e. The molecule has 0 aromatic heterocycles. The number of benzene rings is 2. The molecule has 0 saturated heterocycles. The first-order valence-electron chi connectivity index (χ1n) is 6.44. The third-order valence-electron chi connectivity index (χ3n) is 2.83. The molecule has 1 N–H and O–H groups in total. The van der Waals surface area contributed by atoms with Crippen molar-refractivity contribution in [3.05, 3.63) is 64.5 Å². The second-order valence-electron chi connectivity index (χ2n) is 4.48. The summed E-state index contributed by atoms with van der Waals surface area (Å²) in [7, 11) is 0. The molecule has 1 amide bonds. The number of anilines is 1. The molecular weight excluding hydrogens is 291 g/mol. The molecule has 0 saturated carbocycles. The van der Waals surface area contributed by atoms with Crippen LogP contribution in [-0.4, -0.2) is 16.9 Å². The van der Waals surface area contributed by atoms with Crippen LogP contribution in [0, 0.1) is 15.9 Å². The van der Waals surface area contributed by atoms with E-state index in [1.54, 1.807) is 30.3 Å². The van der Waals surface area contributed by atoms with Gasteiger partial charge in [0.25, 0.3) is 5.91 Å². The molecule has 0 radical (unpaired) electrons. The molecule has 7 heteroatoms. The van der Waals surface area contributed by atoms with Crippen molar-refractivity contribution >= 4 is 17.3 Å². The lowest BCUT2D eigenvalue weighted by atomic mass is 10.2. The Morgan fingerprint density at radius 2 is 1.95 bits per heavy atom. The molecule has 0 aliphatic rings. The number of amides is 1. The normalized spacial score (nSPS) is 11.5. The Bertz CT molecular complexity index is 691. The number of nitro groups is 1. The Hall–Kier alpha value is -2.96. The van der Waals surface area contributed by atoms with Crippen molar-refractivity contribution in [1.29, 1.82) is 0 Å². The van der Waals surface area contributed by atoms with E-state index in [0.29, 0.717) is 5.69 Å². The van der Waals surface area contributed by atoms with Crippen LogP contribution in [0.15, 0.2) is 48.5 Å². The van der Waals surface area contributed by atoms with E-state index in [4.69, 9.17) is 4.74 Å². The van der Waals surface area contributed by atoms with Crippen molar-refractivity contribution in [2.75, 3.05) is 5.32 Å². The van der Waals surface area contributed by atoms with E-state index in [0.717, 1.165) is 18.2 Å². The van der Waals surface area contributed by atoms with Crippen molar-refractivity contribution in [3.8, 4) is 5.75 Å². The summed E-state index contributed by atoms with van der Waals surface area (Å²) in [5.41, 5.74) is 0.164. The molecule has 0 fully saturated rings. The number of carbonyl (C=O) groups excluding carboxylic acids is 1. The summed E-state index contributed by atoms with van der Waals surface area (Å²) in [6.07, 6.45) is -1.03. The summed E-state index contributed by atoms with van der Waals surface area (Å²) < 4.78 is 18.4. The smallest absolute Gasteiger partial charge is 0.311 e. The third-order valence-corrected chi connectivity index (χ3v) is 2.83. The van der Waals surface area contributed by atoms with Crippen LogP contribution in [-0.2, 0) is 4.79 Å². The monoisotopic (exact) mass is 304 g/mol. The van der Waals surface area contributed by atoms with Gasteiger partial charge < -0.3 is 10.1 Å². The van der Waals surface area contributed by atoms with E-state index in [2.05, 4.69) is 5.32 Å². The van der Waals surface area contributed by atoms with Gasteiger partial charge in [0, 0.05) is 17.8 Å². The van der Waals surface area contributed by atoms with Crippen LogP contribution in [0.1, 0.15) is 6.92 Å². The SMILES string of the molecule is CC(Oc1cc(F)ccc1[N+](=O)[O-])C(=O)Nc1ccccc1. The molecule has 2 rings (SSSR count). The number of hydrogen-bond donors (Lipinski definition) is 1. The van der Waals surface area contributed by atoms with Crippen molar-refractivity contribution in [2.45, 2.75) is 13.0 Å². The van der Waals surface area contributed by atoms with E-state index in [1.807, 2.05) is 0 Å². The third kappa shape index (κ3) is 3.78. The number of halogens is 1. The van der Waals surface area contributed by atoms with E-state index < -0.39 is 28.4 Å². The molecule has 6 nitrogen and oxygen atoms in total. The van der Waals surface area contributed by atoms with Crippen LogP contribution in [0.2, 0.25) is 0 Å². The predicted molar refractivity (Wildman–Crippen MR) is 78.2 cm³/mol. The minimum Gasteiger partial charge on any atom is -0.474 e. The molecule has 0 spiro atoms. The van der Waals surface area contributed by atoms with Gasteiger partial charge in [-0.25, -0.2) is 4.39 Å². The number of para-hydroxylation sites is 1. The highest BCUT2D eigenvalue weighted by atomic mass is 19.1. The lowest BCUT2D eigenvalue weighted by Gasteiger charge is -2.14. The molecule has 0 aliphatic carbocycles. The van der Waals surface area contributed by atoms with Crippen LogP contribution in [0.4, 0.5) is 15.8 Å². The molecule has 0 bridgehead atoms. The second kappa shape index (κ2) is 6.66. The molecule has 1 unspecified atom stereocenters. The topological polar surface area (TPSA) is 81.5 Å². The lowest BCUT2D eigenvalue weighted by molar-refractivity contribution is -0.386. The maximum absolute atomic E-state index is 13.2. The number of nitro benzene ring substituents is 1. The predicted octanol–water partition coefficient (Wildman–Crippen LogP) is 3.14. The van der Waals surface area contributed by atoms with E-state index in [1.165, 1.54) is 6.92 Å². The Morgan fingerprint density at radius 1 is 1.27 bits per heavy atom. The summed E-state index contributed by atoms with van der Waals surface area (Å²) in [4.78, 5) is 22.2. The van der Waals surface area contributed by atoms with Gasteiger partial charge >= 0.3 is 5.69 Å². The summed E-state index contributed by atoms with van der Waals surface area (Å²) in [5.74, 6) is -1.47. The highest BCUT2D eigenvalue weighted by Crippen LogP contribution is 2.28. The van der Waals surface area contributed by atoms with Crippen LogP contribution in [0.3, 0.4) is 0 Å². The number of rotatable bonds is 5. The first-order chi connectivity index (χ1) is 10.5. The fourth-order valence-electron chi connectivity index (χ4n) is 1.74. The summed E-state index contributed by atoms with van der Waals surface area (Å²) in [6, 6.07) is 11.5. The Labute approximate surface area is 125 Å². The van der Waals surface area contributed by atoms with Crippen LogP contribution in [0.25, 0.3) is 0 Å². The first kappa shape index (κ1) is 15.4. The Morgan fingerprint density at radius 3 is 2.59 bits per heavy atom. The quantitative estimate of drug-likeness (QED) is 0.679. The minimum absolute atomic E-state index is 0.291. The van der Waals surface area contributed by atoms with Crippen molar-refractivity contribution in [3.63, 3.8) is 0 Å². The number of nitrogens with zero attached hydrogens (tertiary/aromatic N) is 1. The standard InChI is InChI=1S/C15H13FN2O4/c1-10(15(19)17-12-5-3-2-4-6-12)22-14-9-11(16)7-8-13(14)18(20)21/h2-10H,1H3,(H,17,19). The highest BCUT2D eigenvalue weighted by Gasteiger charge is 2.21. The molecular formula is C15H13FN2O4. The zero-order valence-corrected chi connectivity index (χ0v) is 11.7. The first-order valence-corrected chi connectivity index (χ1v) is 6.44. The number of hydrogen-bond acceptors (Lipinski definition) is 4. The van der Waals surface area contributed by atoms with Gasteiger partial charge in [-0.3, -0.25) is 14.9 Å².